The number of alkyl halides is 4. The molecule has 2 heterocycles. The summed E-state index contributed by atoms with van der Waals surface area (Å²) in [5, 5.41) is 14.8. The number of fused-ring (bicyclic) bond motifs is 1. The molecule has 2 aromatic heterocycles. The van der Waals surface area contributed by atoms with Crippen LogP contribution in [-0.2, 0) is 0 Å². The molecule has 4 aromatic rings. The predicted molar refractivity (Wildman–Crippen MR) is 124 cm³/mol. The Morgan fingerprint density at radius 1 is 1.26 bits per heavy atom. The number of para-hydroxylation sites is 3. The van der Waals surface area contributed by atoms with Crippen LogP contribution in [0.3, 0.4) is 0 Å². The van der Waals surface area contributed by atoms with Gasteiger partial charge in [0, 0.05) is 17.0 Å². The van der Waals surface area contributed by atoms with Crippen molar-refractivity contribution < 1.29 is 22.3 Å². The van der Waals surface area contributed by atoms with Gasteiger partial charge in [-0.3, -0.25) is 0 Å². The van der Waals surface area contributed by atoms with Gasteiger partial charge in [0.25, 0.3) is 5.63 Å². The van der Waals surface area contributed by atoms with Crippen molar-refractivity contribution in [1.29, 1.82) is 5.26 Å². The average Bonchev–Trinajstić information content (AvgIpc) is 3.29. The number of thiazole rings is 1. The number of hydrogen-bond donors (Lipinski definition) is 1. The van der Waals surface area contributed by atoms with E-state index in [4.69, 9.17) is 16.0 Å². The Bertz CT molecular complexity index is 1480. The van der Waals surface area contributed by atoms with Gasteiger partial charge in [0.05, 0.1) is 16.9 Å². The highest BCUT2D eigenvalue weighted by atomic mass is 35.5. The van der Waals surface area contributed by atoms with Crippen LogP contribution >= 0.6 is 22.9 Å². The van der Waals surface area contributed by atoms with Gasteiger partial charge in [-0.25, -0.2) is 14.2 Å². The van der Waals surface area contributed by atoms with Crippen molar-refractivity contribution in [2.45, 2.75) is 11.7 Å². The summed E-state index contributed by atoms with van der Waals surface area (Å²) in [6.45, 7) is 0. The molecule has 34 heavy (non-hydrogen) atoms. The second kappa shape index (κ2) is 9.59. The molecule has 0 saturated heterocycles. The van der Waals surface area contributed by atoms with E-state index < -0.39 is 17.4 Å². The van der Waals surface area contributed by atoms with E-state index >= 15 is 0 Å². The van der Waals surface area contributed by atoms with Gasteiger partial charge in [-0.15, -0.1) is 11.3 Å². The summed E-state index contributed by atoms with van der Waals surface area (Å²) in [4.78, 5) is 16.7. The molecule has 0 spiro atoms. The van der Waals surface area contributed by atoms with Gasteiger partial charge in [0.2, 0.25) is 0 Å². The summed E-state index contributed by atoms with van der Waals surface area (Å²) < 4.78 is 49.8. The zero-order valence-electron chi connectivity index (χ0n) is 17.0. The summed E-state index contributed by atoms with van der Waals surface area (Å²) in [7, 11) is 0. The number of nitrogens with zero attached hydrogens (tertiary/aromatic N) is 2. The highest BCUT2D eigenvalue weighted by Crippen LogP contribution is 2.34. The van der Waals surface area contributed by atoms with Crippen molar-refractivity contribution in [3.8, 4) is 23.1 Å². The summed E-state index contributed by atoms with van der Waals surface area (Å²) in [6.07, 6.45) is -3.02. The van der Waals surface area contributed by atoms with Crippen LogP contribution < -0.4 is 15.7 Å². The highest BCUT2D eigenvalue weighted by molar-refractivity contribution is 7.11. The number of ether oxygens (including phenoxy) is 1. The fourth-order valence-corrected chi connectivity index (χ4v) is 3.75. The molecule has 6 nitrogen and oxygen atoms in total. The maximum absolute atomic E-state index is 13.6. The molecule has 11 heteroatoms. The Balaban J connectivity index is 1.61. The van der Waals surface area contributed by atoms with E-state index in [9.17, 15) is 23.2 Å². The second-order valence-corrected chi connectivity index (χ2v) is 8.04. The molecular weight excluding hydrogens is 491 g/mol. The minimum Gasteiger partial charge on any atom is -0.427 e. The minimum atomic E-state index is -4.26. The van der Waals surface area contributed by atoms with E-state index in [1.807, 2.05) is 6.07 Å². The van der Waals surface area contributed by atoms with E-state index in [-0.39, 0.29) is 27.6 Å². The first-order chi connectivity index (χ1) is 16.3. The maximum atomic E-state index is 13.6. The lowest BCUT2D eigenvalue weighted by Crippen LogP contribution is -2.33. The molecule has 0 bridgehead atoms. The zero-order chi connectivity index (χ0) is 24.3. The third-order valence-electron chi connectivity index (χ3n) is 4.53. The lowest BCUT2D eigenvalue weighted by atomic mass is 10.1. The lowest BCUT2D eigenvalue weighted by molar-refractivity contribution is -0.198. The summed E-state index contributed by atoms with van der Waals surface area (Å²) in [6, 6.07) is 16.2. The predicted octanol–water partition coefficient (Wildman–Crippen LogP) is 6.40. The molecular formula is C23H13ClF3N3O3S. The molecule has 172 valence electrons. The molecule has 1 atom stereocenters. The Kier molecular flexibility index (Phi) is 6.58. The molecule has 0 saturated carbocycles. The summed E-state index contributed by atoms with van der Waals surface area (Å²) in [5.41, 5.74) is -2.54. The van der Waals surface area contributed by atoms with E-state index in [0.717, 1.165) is 11.3 Å². The number of anilines is 1. The Labute approximate surface area is 199 Å². The van der Waals surface area contributed by atoms with Crippen LogP contribution in [0.2, 0.25) is 0 Å². The monoisotopic (exact) mass is 503 g/mol. The first-order valence-corrected chi connectivity index (χ1v) is 10.9. The highest BCUT2D eigenvalue weighted by Gasteiger charge is 2.42. The third kappa shape index (κ3) is 4.90. The number of rotatable bonds is 7. The molecule has 0 aliphatic rings. The number of hydrogen-bond acceptors (Lipinski definition) is 7. The van der Waals surface area contributed by atoms with Crippen LogP contribution in [0.25, 0.3) is 27.8 Å². The van der Waals surface area contributed by atoms with Crippen molar-refractivity contribution in [3.63, 3.8) is 0 Å². The first kappa shape index (κ1) is 23.4. The number of halogens is 4. The molecule has 4 rings (SSSR count). The molecule has 1 unspecified atom stereocenters. The van der Waals surface area contributed by atoms with Crippen LogP contribution in [0.15, 0.2) is 75.4 Å². The van der Waals surface area contributed by atoms with Gasteiger partial charge in [-0.05, 0) is 24.3 Å². The van der Waals surface area contributed by atoms with Crippen molar-refractivity contribution in [3.05, 3.63) is 81.6 Å². The standard InChI is InChI=1S/C23H13ClF3N3O3S/c24-22(25)23(26,27)33-19-8-4-2-6-16(19)29-11-14(10-28)20-30-17(12-34-20)15-9-13-5-1-3-7-18(13)32-21(15)31/h1-9,11-12,22,29H/b14-11+. The summed E-state index contributed by atoms with van der Waals surface area (Å²) >= 11 is 5.95. The Morgan fingerprint density at radius 2 is 2.00 bits per heavy atom. The zero-order valence-corrected chi connectivity index (χ0v) is 18.5. The molecule has 1 N–H and O–H groups in total. The number of nitriles is 1. The largest absolute Gasteiger partial charge is 0.444 e. The number of nitrogens with one attached hydrogen (secondary N) is 1. The Morgan fingerprint density at radius 3 is 2.76 bits per heavy atom. The normalized spacial score (nSPS) is 12.9. The van der Waals surface area contributed by atoms with E-state index in [1.54, 1.807) is 35.7 Å². The van der Waals surface area contributed by atoms with Gasteiger partial charge in [-0.1, -0.05) is 41.9 Å². The fourth-order valence-electron chi connectivity index (χ4n) is 2.92. The van der Waals surface area contributed by atoms with E-state index in [2.05, 4.69) is 15.0 Å². The molecule has 0 amide bonds. The molecule has 0 fully saturated rings. The van der Waals surface area contributed by atoms with E-state index in [0.29, 0.717) is 16.7 Å². The summed E-state index contributed by atoms with van der Waals surface area (Å²) in [5.74, 6) is -0.377. The smallest absolute Gasteiger partial charge is 0.427 e. The molecule has 0 aliphatic heterocycles. The van der Waals surface area contributed by atoms with Crippen molar-refractivity contribution in [2.24, 2.45) is 0 Å². The lowest BCUT2D eigenvalue weighted by Gasteiger charge is -2.19. The van der Waals surface area contributed by atoms with Crippen LogP contribution in [0, 0.1) is 11.3 Å². The van der Waals surface area contributed by atoms with Crippen molar-refractivity contribution in [2.75, 3.05) is 5.32 Å². The van der Waals surface area contributed by atoms with Crippen molar-refractivity contribution in [1.82, 2.24) is 4.98 Å². The quantitative estimate of drug-likeness (QED) is 0.178. The van der Waals surface area contributed by atoms with Crippen LogP contribution in [0.4, 0.5) is 18.9 Å². The molecule has 0 aliphatic carbocycles. The number of benzene rings is 2. The fraction of sp³-hybridized carbons (Fsp3) is 0.0870. The minimum absolute atomic E-state index is 0.0409. The van der Waals surface area contributed by atoms with Crippen LogP contribution in [0.5, 0.6) is 5.75 Å². The SMILES string of the molecule is N#C/C(=C\Nc1ccccc1OC(F)(F)C(F)Cl)c1nc(-c2cc3ccccc3oc2=O)cs1. The van der Waals surface area contributed by atoms with E-state index in [1.165, 1.54) is 30.5 Å². The first-order valence-electron chi connectivity index (χ1n) is 9.58. The van der Waals surface area contributed by atoms with Gasteiger partial charge in [-0.2, -0.15) is 14.0 Å². The topological polar surface area (TPSA) is 88.2 Å². The van der Waals surface area contributed by atoms with Crippen LogP contribution in [0.1, 0.15) is 5.01 Å². The average molecular weight is 504 g/mol. The molecule has 2 aromatic carbocycles. The van der Waals surface area contributed by atoms with Gasteiger partial charge < -0.3 is 14.5 Å². The molecule has 0 radical (unpaired) electrons. The maximum Gasteiger partial charge on any atom is 0.444 e. The van der Waals surface area contributed by atoms with Gasteiger partial charge in [0.15, 0.2) is 0 Å². The second-order valence-electron chi connectivity index (χ2n) is 6.80. The third-order valence-corrected chi connectivity index (χ3v) is 5.66. The number of aromatic nitrogens is 1. The number of allylic oxidation sites excluding steroid dienone is 1. The van der Waals surface area contributed by atoms with Gasteiger partial charge in [0.1, 0.15) is 28.0 Å². The van der Waals surface area contributed by atoms with Crippen LogP contribution in [-0.4, -0.2) is 16.7 Å². The van der Waals surface area contributed by atoms with Crippen molar-refractivity contribution >= 4 is 45.2 Å². The Hall–Kier alpha value is -3.81. The van der Waals surface area contributed by atoms with Gasteiger partial charge >= 0.3 is 11.7 Å².